The van der Waals surface area contributed by atoms with Gasteiger partial charge in [0, 0.05) is 33.2 Å². The summed E-state index contributed by atoms with van der Waals surface area (Å²) in [6, 6.07) is 7.89. The molecule has 0 saturated carbocycles. The molecule has 0 aromatic heterocycles. The number of carbonyl (C=O) groups is 1. The van der Waals surface area contributed by atoms with Gasteiger partial charge in [-0.15, -0.1) is 0 Å². The molecule has 21 heavy (non-hydrogen) atoms. The van der Waals surface area contributed by atoms with Crippen LogP contribution in [0.3, 0.4) is 0 Å². The first-order chi connectivity index (χ1) is 10.2. The summed E-state index contributed by atoms with van der Waals surface area (Å²) >= 11 is 0. The van der Waals surface area contributed by atoms with E-state index in [0.717, 1.165) is 30.7 Å². The van der Waals surface area contributed by atoms with E-state index in [1.54, 1.807) is 7.11 Å². The topological polar surface area (TPSA) is 56.8 Å². The fourth-order valence-corrected chi connectivity index (χ4v) is 2.52. The third-order valence-electron chi connectivity index (χ3n) is 3.94. The van der Waals surface area contributed by atoms with Gasteiger partial charge in [0.15, 0.2) is 0 Å². The minimum absolute atomic E-state index is 0.222. The first-order valence-corrected chi connectivity index (χ1v) is 7.16. The molecule has 1 aliphatic heterocycles. The van der Waals surface area contributed by atoms with Crippen molar-refractivity contribution in [3.8, 4) is 0 Å². The molecule has 5 nitrogen and oxygen atoms in total. The minimum atomic E-state index is -0.225. The Morgan fingerprint density at radius 3 is 2.71 bits per heavy atom. The zero-order valence-corrected chi connectivity index (χ0v) is 12.7. The van der Waals surface area contributed by atoms with Gasteiger partial charge in [0.1, 0.15) is 5.60 Å². The summed E-state index contributed by atoms with van der Waals surface area (Å²) in [6.07, 6.45) is 1.20. The molecule has 1 atom stereocenters. The van der Waals surface area contributed by atoms with E-state index < -0.39 is 0 Å². The maximum absolute atomic E-state index is 11.4. The van der Waals surface area contributed by atoms with E-state index in [4.69, 9.17) is 14.2 Å². The van der Waals surface area contributed by atoms with Crippen LogP contribution >= 0.6 is 0 Å². The molecule has 0 radical (unpaired) electrons. The number of rotatable bonds is 7. The minimum Gasteiger partial charge on any atom is -0.469 e. The molecule has 1 aromatic rings. The predicted molar refractivity (Wildman–Crippen MR) is 79.0 cm³/mol. The van der Waals surface area contributed by atoms with Crippen molar-refractivity contribution in [3.05, 3.63) is 35.4 Å². The highest BCUT2D eigenvalue weighted by Crippen LogP contribution is 2.21. The number of ether oxygens (including phenoxy) is 3. The number of hydrogen-bond donors (Lipinski definition) is 1. The number of esters is 1. The highest BCUT2D eigenvalue weighted by Gasteiger charge is 2.34. The van der Waals surface area contributed by atoms with Gasteiger partial charge in [-0.1, -0.05) is 24.3 Å². The van der Waals surface area contributed by atoms with Crippen LogP contribution in [0, 0.1) is 0 Å². The van der Waals surface area contributed by atoms with E-state index in [9.17, 15) is 4.79 Å². The second-order valence-electron chi connectivity index (χ2n) is 5.31. The molecule has 116 valence electrons. The van der Waals surface area contributed by atoms with Crippen molar-refractivity contribution in [2.45, 2.75) is 25.0 Å². The molecule has 2 rings (SSSR count). The fourth-order valence-electron chi connectivity index (χ4n) is 2.52. The molecule has 1 heterocycles. The standard InChI is InChI=1S/C16H23NO4/c1-19-15(18)9-13-5-3-4-6-14(13)10-17-11-16(20-2)7-8-21-12-16/h3-6,17H,7-12H2,1-2H3. The van der Waals surface area contributed by atoms with Crippen LogP contribution in [0.25, 0.3) is 0 Å². The Hall–Kier alpha value is -1.43. The van der Waals surface area contributed by atoms with Crippen LogP contribution in [-0.2, 0) is 32.0 Å². The van der Waals surface area contributed by atoms with Crippen LogP contribution in [0.15, 0.2) is 24.3 Å². The first-order valence-electron chi connectivity index (χ1n) is 7.16. The van der Waals surface area contributed by atoms with E-state index in [1.807, 2.05) is 24.3 Å². The summed E-state index contributed by atoms with van der Waals surface area (Å²) in [5, 5.41) is 3.41. The van der Waals surface area contributed by atoms with E-state index in [1.165, 1.54) is 7.11 Å². The van der Waals surface area contributed by atoms with Crippen LogP contribution in [0.4, 0.5) is 0 Å². The summed E-state index contributed by atoms with van der Waals surface area (Å²) in [5.41, 5.74) is 1.87. The number of benzene rings is 1. The van der Waals surface area contributed by atoms with Crippen LogP contribution < -0.4 is 5.32 Å². The van der Waals surface area contributed by atoms with Crippen LogP contribution in [0.5, 0.6) is 0 Å². The van der Waals surface area contributed by atoms with Gasteiger partial charge >= 0.3 is 5.97 Å². The Labute approximate surface area is 125 Å². The molecule has 0 bridgehead atoms. The number of nitrogens with one attached hydrogen (secondary N) is 1. The zero-order valence-electron chi connectivity index (χ0n) is 12.7. The predicted octanol–water partition coefficient (Wildman–Crippen LogP) is 1.30. The van der Waals surface area contributed by atoms with Crippen molar-refractivity contribution in [1.29, 1.82) is 0 Å². The molecule has 1 aliphatic rings. The third-order valence-corrected chi connectivity index (χ3v) is 3.94. The van der Waals surface area contributed by atoms with Crippen molar-refractivity contribution < 1.29 is 19.0 Å². The monoisotopic (exact) mass is 293 g/mol. The summed E-state index contributed by atoms with van der Waals surface area (Å²) in [7, 11) is 3.13. The molecule has 0 amide bonds. The van der Waals surface area contributed by atoms with Gasteiger partial charge in [-0.3, -0.25) is 4.79 Å². The van der Waals surface area contributed by atoms with E-state index >= 15 is 0 Å². The van der Waals surface area contributed by atoms with Crippen molar-refractivity contribution in [2.24, 2.45) is 0 Å². The van der Waals surface area contributed by atoms with Gasteiger partial charge in [-0.05, 0) is 11.1 Å². The molecule has 0 aliphatic carbocycles. The Kier molecular flexibility index (Phi) is 5.73. The van der Waals surface area contributed by atoms with Gasteiger partial charge in [0.2, 0.25) is 0 Å². The van der Waals surface area contributed by atoms with Gasteiger partial charge in [-0.2, -0.15) is 0 Å². The molecule has 1 unspecified atom stereocenters. The number of methoxy groups -OCH3 is 2. The SMILES string of the molecule is COC(=O)Cc1ccccc1CNCC1(OC)CCOC1. The van der Waals surface area contributed by atoms with Crippen LogP contribution in [0.2, 0.25) is 0 Å². The molecular weight excluding hydrogens is 270 g/mol. The van der Waals surface area contributed by atoms with Crippen molar-refractivity contribution >= 4 is 5.97 Å². The van der Waals surface area contributed by atoms with Crippen molar-refractivity contribution in [2.75, 3.05) is 34.0 Å². The van der Waals surface area contributed by atoms with E-state index in [2.05, 4.69) is 5.32 Å². The van der Waals surface area contributed by atoms with Crippen LogP contribution in [-0.4, -0.2) is 45.5 Å². The molecule has 1 aromatic carbocycles. The lowest BCUT2D eigenvalue weighted by Crippen LogP contribution is -2.42. The third kappa shape index (κ3) is 4.27. The largest absolute Gasteiger partial charge is 0.469 e. The van der Waals surface area contributed by atoms with E-state index in [0.29, 0.717) is 19.6 Å². The summed E-state index contributed by atoms with van der Waals surface area (Å²) < 4.78 is 15.7. The van der Waals surface area contributed by atoms with E-state index in [-0.39, 0.29) is 11.6 Å². The molecular formula is C16H23NO4. The smallest absolute Gasteiger partial charge is 0.309 e. The maximum Gasteiger partial charge on any atom is 0.309 e. The molecule has 1 N–H and O–H groups in total. The summed E-state index contributed by atoms with van der Waals surface area (Å²) in [4.78, 5) is 11.4. The Balaban J connectivity index is 1.92. The average Bonchev–Trinajstić information content (AvgIpc) is 2.98. The van der Waals surface area contributed by atoms with Gasteiger partial charge in [-0.25, -0.2) is 0 Å². The van der Waals surface area contributed by atoms with Gasteiger partial charge in [0.05, 0.1) is 20.1 Å². The summed E-state index contributed by atoms with van der Waals surface area (Å²) in [6.45, 7) is 2.79. The molecule has 0 spiro atoms. The van der Waals surface area contributed by atoms with Crippen molar-refractivity contribution in [1.82, 2.24) is 5.32 Å². The number of hydrogen-bond acceptors (Lipinski definition) is 5. The van der Waals surface area contributed by atoms with Crippen molar-refractivity contribution in [3.63, 3.8) is 0 Å². The van der Waals surface area contributed by atoms with Gasteiger partial charge < -0.3 is 19.5 Å². The van der Waals surface area contributed by atoms with Gasteiger partial charge in [0.25, 0.3) is 0 Å². The fraction of sp³-hybridized carbons (Fsp3) is 0.562. The summed E-state index contributed by atoms with van der Waals surface area (Å²) in [5.74, 6) is -0.222. The maximum atomic E-state index is 11.4. The average molecular weight is 293 g/mol. The highest BCUT2D eigenvalue weighted by molar-refractivity contribution is 5.72. The van der Waals surface area contributed by atoms with Crippen LogP contribution in [0.1, 0.15) is 17.5 Å². The quantitative estimate of drug-likeness (QED) is 0.768. The molecule has 1 fully saturated rings. The lowest BCUT2D eigenvalue weighted by atomic mass is 10.0. The second-order valence-corrected chi connectivity index (χ2v) is 5.31. The Morgan fingerprint density at radius 1 is 1.33 bits per heavy atom. The highest BCUT2D eigenvalue weighted by atomic mass is 16.5. The lowest BCUT2D eigenvalue weighted by molar-refractivity contribution is -0.139. The molecule has 5 heteroatoms. The Morgan fingerprint density at radius 2 is 2.10 bits per heavy atom. The second kappa shape index (κ2) is 7.54. The zero-order chi connectivity index (χ0) is 15.1. The Bertz CT molecular complexity index is 469. The lowest BCUT2D eigenvalue weighted by Gasteiger charge is -2.26. The molecule has 1 saturated heterocycles. The number of carbonyl (C=O) groups excluding carboxylic acids is 1. The normalized spacial score (nSPS) is 21.4. The first kappa shape index (κ1) is 15.9.